The number of sulfonamides is 1. The highest BCUT2D eigenvalue weighted by atomic mass is 35.5. The van der Waals surface area contributed by atoms with E-state index in [0.717, 1.165) is 10.7 Å². The van der Waals surface area contributed by atoms with E-state index in [9.17, 15) is 13.2 Å². The van der Waals surface area contributed by atoms with E-state index in [-0.39, 0.29) is 17.3 Å². The van der Waals surface area contributed by atoms with Crippen LogP contribution in [0.3, 0.4) is 0 Å². The predicted octanol–water partition coefficient (Wildman–Crippen LogP) is 4.35. The molecule has 27 heavy (non-hydrogen) atoms. The Morgan fingerprint density at radius 2 is 1.74 bits per heavy atom. The molecule has 0 aromatic heterocycles. The molecule has 5 nitrogen and oxygen atoms in total. The highest BCUT2D eigenvalue weighted by molar-refractivity contribution is 7.92. The first-order valence-electron chi connectivity index (χ1n) is 8.50. The van der Waals surface area contributed by atoms with Gasteiger partial charge in [-0.2, -0.15) is 0 Å². The van der Waals surface area contributed by atoms with Gasteiger partial charge in [0.2, 0.25) is 5.91 Å². The van der Waals surface area contributed by atoms with Crippen molar-refractivity contribution < 1.29 is 13.2 Å². The number of anilines is 1. The fraction of sp³-hybridized carbons (Fsp3) is 0.316. The standard InChI is InChI=1S/C19H22Cl2N2O3S/c1-14(2)10-11-22-19(24)13-23(17-5-3-4-16(21)12-17)27(25,26)18-8-6-15(20)7-9-18/h3-9,12,14H,10-11,13H2,1-2H3,(H,22,24). The zero-order valence-electron chi connectivity index (χ0n) is 15.2. The molecular weight excluding hydrogens is 407 g/mol. The van der Waals surface area contributed by atoms with Crippen molar-refractivity contribution in [3.8, 4) is 0 Å². The molecule has 0 aliphatic carbocycles. The number of amides is 1. The maximum Gasteiger partial charge on any atom is 0.264 e. The van der Waals surface area contributed by atoms with E-state index in [0.29, 0.717) is 28.2 Å². The largest absolute Gasteiger partial charge is 0.355 e. The van der Waals surface area contributed by atoms with Gasteiger partial charge in [0, 0.05) is 16.6 Å². The lowest BCUT2D eigenvalue weighted by Gasteiger charge is -2.24. The maximum absolute atomic E-state index is 13.1. The third kappa shape index (κ3) is 6.13. The van der Waals surface area contributed by atoms with Crippen molar-refractivity contribution in [3.63, 3.8) is 0 Å². The zero-order valence-corrected chi connectivity index (χ0v) is 17.5. The molecule has 0 unspecified atom stereocenters. The third-order valence-electron chi connectivity index (χ3n) is 3.83. The number of rotatable bonds is 8. The van der Waals surface area contributed by atoms with Gasteiger partial charge in [-0.1, -0.05) is 43.1 Å². The van der Waals surface area contributed by atoms with Crippen LogP contribution in [-0.2, 0) is 14.8 Å². The Kier molecular flexibility index (Phi) is 7.53. The predicted molar refractivity (Wildman–Crippen MR) is 110 cm³/mol. The summed E-state index contributed by atoms with van der Waals surface area (Å²) in [6, 6.07) is 12.2. The second-order valence-electron chi connectivity index (χ2n) is 6.48. The van der Waals surface area contributed by atoms with Crippen LogP contribution < -0.4 is 9.62 Å². The van der Waals surface area contributed by atoms with Gasteiger partial charge in [0.05, 0.1) is 10.6 Å². The summed E-state index contributed by atoms with van der Waals surface area (Å²) in [6.45, 7) is 4.25. The molecule has 0 heterocycles. The van der Waals surface area contributed by atoms with Gasteiger partial charge in [-0.05, 0) is 54.8 Å². The lowest BCUT2D eigenvalue weighted by atomic mass is 10.1. The number of carbonyl (C=O) groups is 1. The van der Waals surface area contributed by atoms with Crippen LogP contribution in [0.4, 0.5) is 5.69 Å². The topological polar surface area (TPSA) is 66.5 Å². The van der Waals surface area contributed by atoms with Crippen LogP contribution in [0.5, 0.6) is 0 Å². The molecule has 0 bridgehead atoms. The highest BCUT2D eigenvalue weighted by Crippen LogP contribution is 2.26. The van der Waals surface area contributed by atoms with Crippen molar-refractivity contribution in [3.05, 3.63) is 58.6 Å². The number of carbonyl (C=O) groups excluding carboxylic acids is 1. The van der Waals surface area contributed by atoms with Gasteiger partial charge < -0.3 is 5.32 Å². The molecule has 2 aromatic rings. The Balaban J connectivity index is 2.32. The number of hydrogen-bond donors (Lipinski definition) is 1. The van der Waals surface area contributed by atoms with Crippen molar-refractivity contribution in [2.45, 2.75) is 25.2 Å². The SMILES string of the molecule is CC(C)CCNC(=O)CN(c1cccc(Cl)c1)S(=O)(=O)c1ccc(Cl)cc1. The number of nitrogens with zero attached hydrogens (tertiary/aromatic N) is 1. The van der Waals surface area contributed by atoms with E-state index in [1.54, 1.807) is 18.2 Å². The molecule has 2 rings (SSSR count). The highest BCUT2D eigenvalue weighted by Gasteiger charge is 2.27. The average Bonchev–Trinajstić information content (AvgIpc) is 2.59. The molecule has 0 saturated heterocycles. The first kappa shape index (κ1) is 21.5. The van der Waals surface area contributed by atoms with Gasteiger partial charge in [-0.3, -0.25) is 9.10 Å². The van der Waals surface area contributed by atoms with Crippen molar-refractivity contribution in [2.24, 2.45) is 5.92 Å². The summed E-state index contributed by atoms with van der Waals surface area (Å²) in [5, 5.41) is 3.57. The maximum atomic E-state index is 13.1. The first-order valence-corrected chi connectivity index (χ1v) is 10.7. The van der Waals surface area contributed by atoms with Gasteiger partial charge in [-0.25, -0.2) is 8.42 Å². The summed E-state index contributed by atoms with van der Waals surface area (Å²) >= 11 is 11.9. The molecule has 0 aliphatic rings. The number of halogens is 2. The fourth-order valence-electron chi connectivity index (χ4n) is 2.37. The minimum atomic E-state index is -3.97. The Bertz CT molecular complexity index is 884. The quantitative estimate of drug-likeness (QED) is 0.679. The fourth-order valence-corrected chi connectivity index (χ4v) is 4.09. The minimum Gasteiger partial charge on any atom is -0.355 e. The third-order valence-corrected chi connectivity index (χ3v) is 6.10. The average molecular weight is 429 g/mol. The Morgan fingerprint density at radius 3 is 2.33 bits per heavy atom. The van der Waals surface area contributed by atoms with Gasteiger partial charge >= 0.3 is 0 Å². The van der Waals surface area contributed by atoms with Crippen molar-refractivity contribution >= 4 is 44.8 Å². The molecule has 0 aliphatic heterocycles. The Morgan fingerprint density at radius 1 is 1.07 bits per heavy atom. The molecule has 1 amide bonds. The molecule has 0 radical (unpaired) electrons. The summed E-state index contributed by atoms with van der Waals surface area (Å²) in [5.41, 5.74) is 0.316. The molecule has 0 atom stereocenters. The molecule has 2 aromatic carbocycles. The van der Waals surface area contributed by atoms with Crippen LogP contribution in [-0.4, -0.2) is 27.4 Å². The van der Waals surface area contributed by atoms with Crippen LogP contribution >= 0.6 is 23.2 Å². The number of nitrogens with one attached hydrogen (secondary N) is 1. The normalized spacial score (nSPS) is 11.4. The molecule has 1 N–H and O–H groups in total. The van der Waals surface area contributed by atoms with Crippen LogP contribution in [0, 0.1) is 5.92 Å². The zero-order chi connectivity index (χ0) is 20.0. The van der Waals surface area contributed by atoms with E-state index in [4.69, 9.17) is 23.2 Å². The summed E-state index contributed by atoms with van der Waals surface area (Å²) in [4.78, 5) is 12.4. The van der Waals surface area contributed by atoms with E-state index < -0.39 is 10.0 Å². The summed E-state index contributed by atoms with van der Waals surface area (Å²) < 4.78 is 27.3. The summed E-state index contributed by atoms with van der Waals surface area (Å²) in [7, 11) is -3.97. The van der Waals surface area contributed by atoms with Gasteiger partial charge in [0.1, 0.15) is 6.54 Å². The minimum absolute atomic E-state index is 0.0434. The molecule has 8 heteroatoms. The van der Waals surface area contributed by atoms with Crippen molar-refractivity contribution in [1.29, 1.82) is 0 Å². The summed E-state index contributed by atoms with van der Waals surface area (Å²) in [6.07, 6.45) is 0.812. The van der Waals surface area contributed by atoms with Crippen molar-refractivity contribution in [2.75, 3.05) is 17.4 Å². The second-order valence-corrected chi connectivity index (χ2v) is 9.21. The van der Waals surface area contributed by atoms with Gasteiger partial charge in [0.15, 0.2) is 0 Å². The monoisotopic (exact) mass is 428 g/mol. The summed E-state index contributed by atoms with van der Waals surface area (Å²) in [5.74, 6) is 0.0558. The van der Waals surface area contributed by atoms with E-state index in [1.165, 1.54) is 30.3 Å². The van der Waals surface area contributed by atoms with Crippen LogP contribution in [0.15, 0.2) is 53.4 Å². The smallest absolute Gasteiger partial charge is 0.264 e. The second kappa shape index (κ2) is 9.44. The molecule has 0 fully saturated rings. The van der Waals surface area contributed by atoms with Crippen LogP contribution in [0.2, 0.25) is 10.0 Å². The lowest BCUT2D eigenvalue weighted by Crippen LogP contribution is -2.41. The van der Waals surface area contributed by atoms with E-state index in [1.807, 2.05) is 0 Å². The van der Waals surface area contributed by atoms with E-state index in [2.05, 4.69) is 19.2 Å². The molecular formula is C19H22Cl2N2O3S. The van der Waals surface area contributed by atoms with Crippen LogP contribution in [0.1, 0.15) is 20.3 Å². The first-order chi connectivity index (χ1) is 12.7. The van der Waals surface area contributed by atoms with Gasteiger partial charge in [-0.15, -0.1) is 0 Å². The molecule has 0 spiro atoms. The van der Waals surface area contributed by atoms with Crippen molar-refractivity contribution in [1.82, 2.24) is 5.32 Å². The Hall–Kier alpha value is -1.76. The van der Waals surface area contributed by atoms with E-state index >= 15 is 0 Å². The lowest BCUT2D eigenvalue weighted by molar-refractivity contribution is -0.119. The Labute approximate surface area is 170 Å². The van der Waals surface area contributed by atoms with Crippen LogP contribution in [0.25, 0.3) is 0 Å². The molecule has 146 valence electrons. The number of benzene rings is 2. The van der Waals surface area contributed by atoms with Gasteiger partial charge in [0.25, 0.3) is 10.0 Å². The molecule has 0 saturated carbocycles. The number of hydrogen-bond acceptors (Lipinski definition) is 3.